The molecule has 3 aromatic heterocycles. The maximum absolute atomic E-state index is 12.7. The molecule has 3 fully saturated rings. The minimum absolute atomic E-state index is 0.108. The van der Waals surface area contributed by atoms with Crippen molar-refractivity contribution in [3.63, 3.8) is 0 Å². The number of nitrogens with zero attached hydrogens (tertiary/aromatic N) is 9. The number of aromatic nitrogens is 5. The van der Waals surface area contributed by atoms with Crippen LogP contribution in [0.15, 0.2) is 42.6 Å². The molecule has 12 heteroatoms. The van der Waals surface area contributed by atoms with E-state index in [-0.39, 0.29) is 11.5 Å². The first-order valence-corrected chi connectivity index (χ1v) is 18.6. The number of hydrogen-bond acceptors (Lipinski definition) is 9. The van der Waals surface area contributed by atoms with Crippen LogP contribution in [-0.2, 0) is 4.74 Å². The first-order chi connectivity index (χ1) is 24.7. The molecule has 272 valence electrons. The van der Waals surface area contributed by atoms with Crippen molar-refractivity contribution >= 4 is 51.4 Å². The number of likely N-dealkylation sites (N-methyl/N-ethyl adjacent to an activating group) is 1. The fraction of sp³-hybridized carbons (Fsp3) is 0.475. The number of likely N-dealkylation sites (tertiary alicyclic amines) is 1. The quantitative estimate of drug-likeness (QED) is 0.187. The summed E-state index contributed by atoms with van der Waals surface area (Å²) in [6.45, 7) is 16.9. The standard InChI is InChI=1S/C40H48ClN9O2/c1-24-16-25(2)34(26(3)17-24)50-32-11-9-10-28(30(32)19-42-50)33-31(41)18-29-35(43-33)44-37(48-20-27(21-48)46(7)8)45-36(29)47-14-12-40(13-15-47)22-49(23-40)38(51)52-39(4,5)6/h9-11,16-19,27H,12-15,20-23H2,1-8H3. The molecule has 1 spiro atoms. The number of rotatable bonds is 5. The Morgan fingerprint density at radius 1 is 0.942 bits per heavy atom. The predicted molar refractivity (Wildman–Crippen MR) is 208 cm³/mol. The molecule has 3 aliphatic rings. The summed E-state index contributed by atoms with van der Waals surface area (Å²) in [5, 5.41) is 7.24. The van der Waals surface area contributed by atoms with E-state index < -0.39 is 5.60 Å². The lowest BCUT2D eigenvalue weighted by atomic mass is 9.72. The summed E-state index contributed by atoms with van der Waals surface area (Å²) in [6, 6.07) is 13.0. The highest BCUT2D eigenvalue weighted by Gasteiger charge is 2.48. The largest absolute Gasteiger partial charge is 0.444 e. The Morgan fingerprint density at radius 3 is 2.29 bits per heavy atom. The van der Waals surface area contributed by atoms with Crippen LogP contribution in [0.5, 0.6) is 0 Å². The van der Waals surface area contributed by atoms with E-state index in [1.807, 2.05) is 48.7 Å². The van der Waals surface area contributed by atoms with Gasteiger partial charge in [-0.25, -0.2) is 14.5 Å². The van der Waals surface area contributed by atoms with Gasteiger partial charge in [0.2, 0.25) is 5.95 Å². The summed E-state index contributed by atoms with van der Waals surface area (Å²) in [5.74, 6) is 1.56. The summed E-state index contributed by atoms with van der Waals surface area (Å²) >= 11 is 7.17. The average Bonchev–Trinajstić information content (AvgIpc) is 3.45. The first-order valence-electron chi connectivity index (χ1n) is 18.3. The molecular formula is C40H48ClN9O2. The van der Waals surface area contributed by atoms with E-state index in [1.165, 1.54) is 16.7 Å². The minimum atomic E-state index is -0.499. The van der Waals surface area contributed by atoms with Crippen LogP contribution in [0.1, 0.15) is 50.3 Å². The van der Waals surface area contributed by atoms with Crippen LogP contribution in [0.3, 0.4) is 0 Å². The number of carbonyl (C=O) groups is 1. The fourth-order valence-corrected chi connectivity index (χ4v) is 8.44. The lowest BCUT2D eigenvalue weighted by Gasteiger charge is -2.53. The third-order valence-corrected chi connectivity index (χ3v) is 11.3. The van der Waals surface area contributed by atoms with Crippen LogP contribution in [-0.4, -0.2) is 106 Å². The molecule has 1 amide bonds. The molecule has 0 N–H and O–H groups in total. The Morgan fingerprint density at radius 2 is 1.63 bits per heavy atom. The molecule has 0 saturated carbocycles. The topological polar surface area (TPSA) is 95.8 Å². The Hall–Kier alpha value is -4.48. The second-order valence-corrected chi connectivity index (χ2v) is 16.8. The van der Waals surface area contributed by atoms with Crippen LogP contribution in [0, 0.1) is 26.2 Å². The van der Waals surface area contributed by atoms with Gasteiger partial charge < -0.3 is 24.3 Å². The number of piperidine rings is 1. The number of aryl methyl sites for hydroxylation is 3. The van der Waals surface area contributed by atoms with Gasteiger partial charge in [-0.3, -0.25) is 0 Å². The number of pyridine rings is 1. The second kappa shape index (κ2) is 12.6. The zero-order valence-corrected chi connectivity index (χ0v) is 32.3. The van der Waals surface area contributed by atoms with Gasteiger partial charge in [0.15, 0.2) is 5.65 Å². The highest BCUT2D eigenvalue weighted by molar-refractivity contribution is 6.34. The van der Waals surface area contributed by atoms with Gasteiger partial charge in [-0.1, -0.05) is 41.4 Å². The number of halogens is 1. The van der Waals surface area contributed by atoms with Crippen molar-refractivity contribution in [2.45, 2.75) is 66.0 Å². The molecule has 3 aliphatic heterocycles. The van der Waals surface area contributed by atoms with Crippen LogP contribution in [0.2, 0.25) is 5.02 Å². The van der Waals surface area contributed by atoms with Crippen LogP contribution < -0.4 is 9.80 Å². The van der Waals surface area contributed by atoms with Gasteiger partial charge in [0.1, 0.15) is 11.4 Å². The number of anilines is 2. The van der Waals surface area contributed by atoms with E-state index in [0.29, 0.717) is 28.4 Å². The van der Waals surface area contributed by atoms with Gasteiger partial charge in [0, 0.05) is 61.7 Å². The molecule has 0 unspecified atom stereocenters. The van der Waals surface area contributed by atoms with Crippen molar-refractivity contribution in [1.29, 1.82) is 0 Å². The zero-order valence-electron chi connectivity index (χ0n) is 31.5. The van der Waals surface area contributed by atoms with Crippen molar-refractivity contribution in [3.8, 4) is 16.9 Å². The van der Waals surface area contributed by atoms with Crippen molar-refractivity contribution in [3.05, 3.63) is 64.3 Å². The van der Waals surface area contributed by atoms with Gasteiger partial charge in [-0.15, -0.1) is 0 Å². The van der Waals surface area contributed by atoms with Crippen molar-refractivity contribution in [1.82, 2.24) is 34.5 Å². The lowest BCUT2D eigenvalue weighted by Crippen LogP contribution is -2.62. The number of carbonyl (C=O) groups excluding carboxylic acids is 1. The van der Waals surface area contributed by atoms with Crippen LogP contribution >= 0.6 is 11.6 Å². The first kappa shape index (κ1) is 34.6. The lowest BCUT2D eigenvalue weighted by molar-refractivity contribution is -0.0434. The Bertz CT molecular complexity index is 2180. The molecule has 5 aromatic rings. The van der Waals surface area contributed by atoms with Gasteiger partial charge in [-0.05, 0) is 91.7 Å². The average molecular weight is 722 g/mol. The molecule has 6 heterocycles. The molecule has 0 radical (unpaired) electrons. The smallest absolute Gasteiger partial charge is 0.410 e. The highest BCUT2D eigenvalue weighted by atomic mass is 35.5. The van der Waals surface area contributed by atoms with E-state index >= 15 is 0 Å². The molecule has 8 rings (SSSR count). The van der Waals surface area contributed by atoms with Crippen LogP contribution in [0.25, 0.3) is 38.9 Å². The molecule has 11 nitrogen and oxygen atoms in total. The van der Waals surface area contributed by atoms with Crippen molar-refractivity contribution < 1.29 is 9.53 Å². The third-order valence-electron chi connectivity index (χ3n) is 11.0. The normalized spacial score (nSPS) is 17.7. The Kier molecular flexibility index (Phi) is 8.37. The Labute approximate surface area is 310 Å². The molecule has 2 aromatic carbocycles. The molecule has 0 bridgehead atoms. The van der Waals surface area contributed by atoms with Gasteiger partial charge in [0.05, 0.1) is 33.5 Å². The molecule has 0 aliphatic carbocycles. The molecule has 3 saturated heterocycles. The highest BCUT2D eigenvalue weighted by Crippen LogP contribution is 2.44. The fourth-order valence-electron chi connectivity index (χ4n) is 8.19. The Balaban J connectivity index is 1.14. The molecule has 0 atom stereocenters. The van der Waals surface area contributed by atoms with E-state index in [4.69, 9.17) is 36.4 Å². The van der Waals surface area contributed by atoms with Gasteiger partial charge >= 0.3 is 6.09 Å². The van der Waals surface area contributed by atoms with E-state index in [9.17, 15) is 4.79 Å². The predicted octanol–water partition coefficient (Wildman–Crippen LogP) is 7.20. The van der Waals surface area contributed by atoms with Crippen molar-refractivity contribution in [2.75, 3.05) is 63.2 Å². The van der Waals surface area contributed by atoms with Gasteiger partial charge in [-0.2, -0.15) is 15.1 Å². The SMILES string of the molecule is Cc1cc(C)c(-n2ncc3c(-c4nc5nc(N6CC(N(C)C)C6)nc(N6CCC7(CC6)CN(C(=O)OC(C)(C)C)C7)c5cc4Cl)cccc32)c(C)c1. The number of fused-ring (bicyclic) bond motifs is 2. The van der Waals surface area contributed by atoms with Crippen molar-refractivity contribution in [2.24, 2.45) is 5.41 Å². The summed E-state index contributed by atoms with van der Waals surface area (Å²) in [6.07, 6.45) is 3.62. The maximum Gasteiger partial charge on any atom is 0.410 e. The van der Waals surface area contributed by atoms with Gasteiger partial charge in [0.25, 0.3) is 0 Å². The second-order valence-electron chi connectivity index (χ2n) is 16.4. The van der Waals surface area contributed by atoms with Crippen LogP contribution in [0.4, 0.5) is 16.6 Å². The number of amides is 1. The summed E-state index contributed by atoms with van der Waals surface area (Å²) in [4.78, 5) is 36.8. The maximum atomic E-state index is 12.7. The number of benzene rings is 2. The summed E-state index contributed by atoms with van der Waals surface area (Å²) in [7, 11) is 4.23. The molecular weight excluding hydrogens is 674 g/mol. The molecule has 52 heavy (non-hydrogen) atoms. The minimum Gasteiger partial charge on any atom is -0.444 e. The number of hydrogen-bond donors (Lipinski definition) is 0. The van der Waals surface area contributed by atoms with E-state index in [0.717, 1.165) is 85.5 Å². The van der Waals surface area contributed by atoms with E-state index in [2.05, 4.69) is 73.8 Å². The van der Waals surface area contributed by atoms with E-state index in [1.54, 1.807) is 0 Å². The zero-order chi connectivity index (χ0) is 36.7. The number of ether oxygens (including phenoxy) is 1. The third kappa shape index (κ3) is 6.11. The summed E-state index contributed by atoms with van der Waals surface area (Å²) in [5.41, 5.74) is 7.49. The summed E-state index contributed by atoms with van der Waals surface area (Å²) < 4.78 is 7.65. The monoisotopic (exact) mass is 721 g/mol.